The summed E-state index contributed by atoms with van der Waals surface area (Å²) in [5.41, 5.74) is 0. The van der Waals surface area contributed by atoms with E-state index in [2.05, 4.69) is 5.10 Å². The summed E-state index contributed by atoms with van der Waals surface area (Å²) in [5, 5.41) is 12.8. The van der Waals surface area contributed by atoms with Crippen LogP contribution in [-0.4, -0.2) is 25.6 Å². The Bertz CT molecular complexity index is 320. The second-order valence-corrected chi connectivity index (χ2v) is 4.96. The number of hydrogen-bond acceptors (Lipinski definition) is 3. The van der Waals surface area contributed by atoms with Crippen LogP contribution in [0, 0.1) is 0 Å². The summed E-state index contributed by atoms with van der Waals surface area (Å²) in [6.07, 6.45) is 3.46. The predicted molar refractivity (Wildman–Crippen MR) is 50.8 cm³/mol. The Labute approximate surface area is 80.9 Å². The van der Waals surface area contributed by atoms with Crippen LogP contribution in [0.4, 0.5) is 0 Å². The van der Waals surface area contributed by atoms with E-state index >= 15 is 0 Å². The van der Waals surface area contributed by atoms with Gasteiger partial charge < -0.3 is 5.11 Å². The average molecular weight is 200 g/mol. The molecule has 0 bridgehead atoms. The molecule has 1 N–H and O–H groups in total. The van der Waals surface area contributed by atoms with Crippen LogP contribution in [0.5, 0.6) is 0 Å². The molecule has 1 aromatic rings. The number of aryl methyl sites for hydroxylation is 1. The third-order valence-electron chi connectivity index (χ3n) is 1.57. The van der Waals surface area contributed by atoms with Crippen LogP contribution < -0.4 is 0 Å². The molecule has 0 aliphatic rings. The molecule has 0 aliphatic heterocycles. The summed E-state index contributed by atoms with van der Waals surface area (Å²) in [5.74, 6) is -0.818. The summed E-state index contributed by atoms with van der Waals surface area (Å²) < 4.78 is 0.850. The van der Waals surface area contributed by atoms with E-state index in [1.54, 1.807) is 38.0 Å². The first kappa shape index (κ1) is 10.1. The number of carboxylic acid groups (broad SMARTS) is 1. The first-order valence-electron chi connectivity index (χ1n) is 3.83. The third-order valence-corrected chi connectivity index (χ3v) is 2.70. The van der Waals surface area contributed by atoms with E-state index in [9.17, 15) is 4.79 Å². The quantitative estimate of drug-likeness (QED) is 0.749. The molecular formula is C8H12N2O2S. The van der Waals surface area contributed by atoms with Gasteiger partial charge in [0, 0.05) is 18.1 Å². The lowest BCUT2D eigenvalue weighted by atomic mass is 10.2. The number of nitrogens with zero attached hydrogens (tertiary/aromatic N) is 2. The van der Waals surface area contributed by atoms with Crippen molar-refractivity contribution in [1.82, 2.24) is 9.78 Å². The van der Waals surface area contributed by atoms with Crippen LogP contribution in [0.15, 0.2) is 17.3 Å². The van der Waals surface area contributed by atoms with Crippen molar-refractivity contribution < 1.29 is 9.90 Å². The monoisotopic (exact) mass is 200 g/mol. The minimum atomic E-state index is -0.818. The second kappa shape index (κ2) is 3.41. The number of carbonyl (C=O) groups is 1. The maximum absolute atomic E-state index is 10.8. The Hall–Kier alpha value is -0.970. The van der Waals surface area contributed by atoms with Gasteiger partial charge in [-0.2, -0.15) is 5.10 Å². The summed E-state index contributed by atoms with van der Waals surface area (Å²) in [6, 6.07) is 0. The lowest BCUT2D eigenvalue weighted by molar-refractivity contribution is -0.138. The molecule has 0 atom stereocenters. The molecule has 0 saturated heterocycles. The summed E-state index contributed by atoms with van der Waals surface area (Å²) in [4.78, 5) is 11.7. The summed E-state index contributed by atoms with van der Waals surface area (Å²) in [6.45, 7) is 3.35. The number of carboxylic acids is 1. The summed E-state index contributed by atoms with van der Waals surface area (Å²) in [7, 11) is 1.80. The highest BCUT2D eigenvalue weighted by molar-refractivity contribution is 8.01. The first-order chi connectivity index (χ1) is 5.92. The van der Waals surface area contributed by atoms with E-state index < -0.39 is 10.7 Å². The molecule has 0 amide bonds. The van der Waals surface area contributed by atoms with Gasteiger partial charge in [-0.1, -0.05) is 0 Å². The van der Waals surface area contributed by atoms with Gasteiger partial charge in [0.25, 0.3) is 0 Å². The molecule has 5 heteroatoms. The minimum absolute atomic E-state index is 0.803. The summed E-state index contributed by atoms with van der Waals surface area (Å²) >= 11 is 1.29. The maximum atomic E-state index is 10.8. The fourth-order valence-electron chi connectivity index (χ4n) is 0.790. The van der Waals surface area contributed by atoms with Crippen LogP contribution in [-0.2, 0) is 11.8 Å². The smallest absolute Gasteiger partial charge is 0.319 e. The fourth-order valence-corrected chi connectivity index (χ4v) is 1.77. The second-order valence-electron chi connectivity index (χ2n) is 3.27. The van der Waals surface area contributed by atoms with Crippen LogP contribution in [0.25, 0.3) is 0 Å². The lowest BCUT2D eigenvalue weighted by Gasteiger charge is -2.16. The molecule has 1 aromatic heterocycles. The Morgan fingerprint density at radius 1 is 1.69 bits per heavy atom. The van der Waals surface area contributed by atoms with Crippen molar-refractivity contribution in [3.63, 3.8) is 0 Å². The number of rotatable bonds is 3. The van der Waals surface area contributed by atoms with Crippen molar-refractivity contribution in [2.24, 2.45) is 7.05 Å². The number of hydrogen-bond donors (Lipinski definition) is 1. The standard InChI is InChI=1S/C8H12N2O2S/c1-8(2,7(11)12)13-6-4-9-10(3)5-6/h4-5H,1-3H3,(H,11,12). The van der Waals surface area contributed by atoms with Crippen molar-refractivity contribution in [3.05, 3.63) is 12.4 Å². The van der Waals surface area contributed by atoms with Gasteiger partial charge in [-0.05, 0) is 13.8 Å². The van der Waals surface area contributed by atoms with Gasteiger partial charge >= 0.3 is 5.97 Å². The Morgan fingerprint density at radius 3 is 2.69 bits per heavy atom. The normalized spacial score (nSPS) is 11.6. The van der Waals surface area contributed by atoms with Gasteiger partial charge in [0.2, 0.25) is 0 Å². The molecule has 13 heavy (non-hydrogen) atoms. The Kier molecular flexibility index (Phi) is 2.66. The van der Waals surface area contributed by atoms with Gasteiger partial charge in [-0.15, -0.1) is 11.8 Å². The average Bonchev–Trinajstić information content (AvgIpc) is 2.34. The van der Waals surface area contributed by atoms with E-state index in [4.69, 9.17) is 5.11 Å². The Morgan fingerprint density at radius 2 is 2.31 bits per heavy atom. The largest absolute Gasteiger partial charge is 0.480 e. The highest BCUT2D eigenvalue weighted by Crippen LogP contribution is 2.31. The van der Waals surface area contributed by atoms with Crippen LogP contribution in [0.3, 0.4) is 0 Å². The number of aliphatic carboxylic acids is 1. The zero-order valence-electron chi connectivity index (χ0n) is 7.81. The molecule has 0 fully saturated rings. The molecule has 0 radical (unpaired) electrons. The van der Waals surface area contributed by atoms with E-state index in [0.717, 1.165) is 4.90 Å². The number of aromatic nitrogens is 2. The molecular weight excluding hydrogens is 188 g/mol. The molecule has 0 unspecified atom stereocenters. The van der Waals surface area contributed by atoms with Crippen LogP contribution >= 0.6 is 11.8 Å². The fraction of sp³-hybridized carbons (Fsp3) is 0.500. The third kappa shape index (κ3) is 2.48. The molecule has 0 aromatic carbocycles. The SMILES string of the molecule is Cn1cc(SC(C)(C)C(=O)O)cn1. The highest BCUT2D eigenvalue weighted by atomic mass is 32.2. The highest BCUT2D eigenvalue weighted by Gasteiger charge is 2.28. The molecule has 1 heterocycles. The zero-order valence-corrected chi connectivity index (χ0v) is 8.63. The van der Waals surface area contributed by atoms with Crippen molar-refractivity contribution in [2.45, 2.75) is 23.5 Å². The van der Waals surface area contributed by atoms with Gasteiger partial charge in [0.15, 0.2) is 0 Å². The van der Waals surface area contributed by atoms with Gasteiger partial charge in [0.05, 0.1) is 6.20 Å². The number of thioether (sulfide) groups is 1. The molecule has 72 valence electrons. The topological polar surface area (TPSA) is 55.1 Å². The lowest BCUT2D eigenvalue weighted by Crippen LogP contribution is -2.26. The van der Waals surface area contributed by atoms with Crippen LogP contribution in [0.1, 0.15) is 13.8 Å². The molecule has 4 nitrogen and oxygen atoms in total. The van der Waals surface area contributed by atoms with E-state index in [1.807, 2.05) is 0 Å². The van der Waals surface area contributed by atoms with Crippen molar-refractivity contribution in [3.8, 4) is 0 Å². The van der Waals surface area contributed by atoms with Gasteiger partial charge in [-0.3, -0.25) is 9.48 Å². The van der Waals surface area contributed by atoms with Crippen molar-refractivity contribution in [2.75, 3.05) is 0 Å². The van der Waals surface area contributed by atoms with Crippen molar-refractivity contribution in [1.29, 1.82) is 0 Å². The molecule has 0 saturated carbocycles. The van der Waals surface area contributed by atoms with Gasteiger partial charge in [-0.25, -0.2) is 0 Å². The zero-order chi connectivity index (χ0) is 10.1. The minimum Gasteiger partial charge on any atom is -0.480 e. The predicted octanol–water partition coefficient (Wildman–Crippen LogP) is 1.38. The van der Waals surface area contributed by atoms with Gasteiger partial charge in [0.1, 0.15) is 4.75 Å². The molecule has 1 rings (SSSR count). The molecule has 0 spiro atoms. The maximum Gasteiger partial charge on any atom is 0.319 e. The van der Waals surface area contributed by atoms with Crippen LogP contribution in [0.2, 0.25) is 0 Å². The van der Waals surface area contributed by atoms with E-state index in [0.29, 0.717) is 0 Å². The van der Waals surface area contributed by atoms with E-state index in [1.165, 1.54) is 11.8 Å². The van der Waals surface area contributed by atoms with Crippen molar-refractivity contribution >= 4 is 17.7 Å². The Balaban J connectivity index is 2.74. The van der Waals surface area contributed by atoms with E-state index in [-0.39, 0.29) is 0 Å². The first-order valence-corrected chi connectivity index (χ1v) is 4.64. The molecule has 0 aliphatic carbocycles.